The van der Waals surface area contributed by atoms with Crippen LogP contribution in [0.1, 0.15) is 17.2 Å². The minimum Gasteiger partial charge on any atom is -0.493 e. The first-order valence-electron chi connectivity index (χ1n) is 11.6. The molecule has 1 saturated heterocycles. The molecule has 1 fully saturated rings. The molecule has 1 unspecified atom stereocenters. The van der Waals surface area contributed by atoms with Crippen molar-refractivity contribution < 1.29 is 23.8 Å². The molecular formula is C26H32N4O5. The fourth-order valence-corrected chi connectivity index (χ4v) is 4.66. The van der Waals surface area contributed by atoms with Gasteiger partial charge in [-0.1, -0.05) is 24.3 Å². The molecule has 2 aliphatic heterocycles. The second kappa shape index (κ2) is 10.7. The SMILES string of the molecule is COC(=O)C1=C(CN2CCN(c3ccccc3C)CC2)NC(=O)NC1c1ccc(OC)c(OC)c1. The molecule has 0 saturated carbocycles. The lowest BCUT2D eigenvalue weighted by Gasteiger charge is -2.38. The van der Waals surface area contributed by atoms with Crippen LogP contribution in [0.5, 0.6) is 11.5 Å². The van der Waals surface area contributed by atoms with E-state index in [-0.39, 0.29) is 6.03 Å². The van der Waals surface area contributed by atoms with E-state index in [1.807, 2.05) is 6.07 Å². The Morgan fingerprint density at radius 3 is 2.37 bits per heavy atom. The number of nitrogens with zero attached hydrogens (tertiary/aromatic N) is 2. The van der Waals surface area contributed by atoms with Gasteiger partial charge in [-0.3, -0.25) is 4.90 Å². The lowest BCUT2D eigenvalue weighted by atomic mass is 9.94. The van der Waals surface area contributed by atoms with Crippen molar-refractivity contribution in [2.24, 2.45) is 0 Å². The summed E-state index contributed by atoms with van der Waals surface area (Å²) in [5.74, 6) is 0.577. The Bertz CT molecular complexity index is 1120. The number of esters is 1. The zero-order chi connectivity index (χ0) is 24.9. The van der Waals surface area contributed by atoms with Crippen molar-refractivity contribution >= 4 is 17.7 Å². The number of benzene rings is 2. The molecular weight excluding hydrogens is 448 g/mol. The van der Waals surface area contributed by atoms with Gasteiger partial charge in [0.05, 0.1) is 32.9 Å². The van der Waals surface area contributed by atoms with E-state index in [0.29, 0.717) is 34.9 Å². The summed E-state index contributed by atoms with van der Waals surface area (Å²) in [4.78, 5) is 30.1. The quantitative estimate of drug-likeness (QED) is 0.589. The standard InChI is InChI=1S/C26H32N4O5/c1-17-7-5-6-8-20(17)30-13-11-29(12-14-30)16-19-23(25(31)35-4)24(28-26(32)27-19)18-9-10-21(33-2)22(15-18)34-3/h5-10,15,24H,11-14,16H2,1-4H3,(H2,27,28,32). The number of rotatable bonds is 7. The zero-order valence-corrected chi connectivity index (χ0v) is 20.6. The fourth-order valence-electron chi connectivity index (χ4n) is 4.66. The molecule has 2 aromatic carbocycles. The maximum Gasteiger partial charge on any atom is 0.338 e. The summed E-state index contributed by atoms with van der Waals surface area (Å²) in [6, 6.07) is 12.6. The van der Waals surface area contributed by atoms with Crippen LogP contribution in [0.2, 0.25) is 0 Å². The summed E-state index contributed by atoms with van der Waals surface area (Å²) in [5.41, 5.74) is 4.11. The Morgan fingerprint density at radius 1 is 1.00 bits per heavy atom. The highest BCUT2D eigenvalue weighted by Crippen LogP contribution is 2.34. The third-order valence-electron chi connectivity index (χ3n) is 6.51. The summed E-state index contributed by atoms with van der Waals surface area (Å²) in [7, 11) is 4.44. The Morgan fingerprint density at radius 2 is 1.71 bits per heavy atom. The average molecular weight is 481 g/mol. The van der Waals surface area contributed by atoms with Crippen molar-refractivity contribution in [1.82, 2.24) is 15.5 Å². The van der Waals surface area contributed by atoms with Gasteiger partial charge in [0.2, 0.25) is 0 Å². The first kappa shape index (κ1) is 24.4. The van der Waals surface area contributed by atoms with E-state index >= 15 is 0 Å². The van der Waals surface area contributed by atoms with E-state index < -0.39 is 12.0 Å². The van der Waals surface area contributed by atoms with Crippen LogP contribution in [-0.4, -0.2) is 71.0 Å². The highest BCUT2D eigenvalue weighted by molar-refractivity contribution is 5.95. The molecule has 9 heteroatoms. The molecule has 35 heavy (non-hydrogen) atoms. The molecule has 2 aliphatic rings. The molecule has 0 spiro atoms. The maximum atomic E-state index is 12.9. The third-order valence-corrected chi connectivity index (χ3v) is 6.51. The number of carbonyl (C=O) groups excluding carboxylic acids is 2. The highest BCUT2D eigenvalue weighted by atomic mass is 16.5. The topological polar surface area (TPSA) is 92.4 Å². The predicted octanol–water partition coefficient (Wildman–Crippen LogP) is 2.62. The zero-order valence-electron chi connectivity index (χ0n) is 20.6. The van der Waals surface area contributed by atoms with Gasteiger partial charge in [-0.25, -0.2) is 9.59 Å². The van der Waals surface area contributed by atoms with Gasteiger partial charge in [0, 0.05) is 44.1 Å². The molecule has 0 aromatic heterocycles. The second-order valence-corrected chi connectivity index (χ2v) is 8.58. The minimum atomic E-state index is -0.681. The summed E-state index contributed by atoms with van der Waals surface area (Å²) in [6.45, 7) is 5.87. The molecule has 4 rings (SSSR count). The Labute approximate surface area is 205 Å². The highest BCUT2D eigenvalue weighted by Gasteiger charge is 2.35. The monoisotopic (exact) mass is 480 g/mol. The van der Waals surface area contributed by atoms with Crippen molar-refractivity contribution in [3.8, 4) is 11.5 Å². The first-order chi connectivity index (χ1) is 16.9. The molecule has 0 bridgehead atoms. The Hall–Kier alpha value is -3.72. The maximum absolute atomic E-state index is 12.9. The van der Waals surface area contributed by atoms with Crippen molar-refractivity contribution in [3.05, 3.63) is 64.9 Å². The number of aryl methyl sites for hydroxylation is 1. The van der Waals surface area contributed by atoms with Gasteiger partial charge >= 0.3 is 12.0 Å². The van der Waals surface area contributed by atoms with Crippen LogP contribution in [0, 0.1) is 6.92 Å². The number of anilines is 1. The van der Waals surface area contributed by atoms with Crippen LogP contribution in [0.25, 0.3) is 0 Å². The fraction of sp³-hybridized carbons (Fsp3) is 0.385. The smallest absolute Gasteiger partial charge is 0.338 e. The number of amides is 2. The Kier molecular flexibility index (Phi) is 7.45. The largest absolute Gasteiger partial charge is 0.493 e. The molecule has 9 nitrogen and oxygen atoms in total. The number of hydrogen-bond acceptors (Lipinski definition) is 7. The van der Waals surface area contributed by atoms with E-state index in [4.69, 9.17) is 14.2 Å². The van der Waals surface area contributed by atoms with Crippen LogP contribution >= 0.6 is 0 Å². The molecule has 2 N–H and O–H groups in total. The second-order valence-electron chi connectivity index (χ2n) is 8.58. The summed E-state index contributed by atoms with van der Waals surface area (Å²) >= 11 is 0. The number of urea groups is 1. The molecule has 186 valence electrons. The number of hydrogen-bond donors (Lipinski definition) is 2. The van der Waals surface area contributed by atoms with Gasteiger partial charge in [-0.05, 0) is 36.2 Å². The van der Waals surface area contributed by atoms with Gasteiger partial charge in [-0.2, -0.15) is 0 Å². The van der Waals surface area contributed by atoms with E-state index in [0.717, 1.165) is 26.2 Å². The van der Waals surface area contributed by atoms with Crippen molar-refractivity contribution in [3.63, 3.8) is 0 Å². The van der Waals surface area contributed by atoms with E-state index in [9.17, 15) is 9.59 Å². The average Bonchev–Trinajstić information content (AvgIpc) is 2.88. The number of methoxy groups -OCH3 is 3. The van der Waals surface area contributed by atoms with Crippen LogP contribution in [-0.2, 0) is 9.53 Å². The molecule has 2 amide bonds. The van der Waals surface area contributed by atoms with Crippen molar-refractivity contribution in [2.45, 2.75) is 13.0 Å². The first-order valence-corrected chi connectivity index (χ1v) is 11.6. The van der Waals surface area contributed by atoms with Gasteiger partial charge in [0.15, 0.2) is 11.5 Å². The van der Waals surface area contributed by atoms with Gasteiger partial charge in [-0.15, -0.1) is 0 Å². The molecule has 2 aromatic rings. The Balaban J connectivity index is 1.58. The number of ether oxygens (including phenoxy) is 3. The number of carbonyl (C=O) groups is 2. The van der Waals surface area contributed by atoms with Gasteiger partial charge in [0.1, 0.15) is 0 Å². The van der Waals surface area contributed by atoms with Gasteiger partial charge in [0.25, 0.3) is 0 Å². The minimum absolute atomic E-state index is 0.369. The normalized spacial score (nSPS) is 18.6. The molecule has 2 heterocycles. The number of piperazine rings is 1. The summed E-state index contributed by atoms with van der Waals surface area (Å²) in [5, 5.41) is 5.71. The van der Waals surface area contributed by atoms with Crippen molar-refractivity contribution in [1.29, 1.82) is 0 Å². The molecule has 0 aliphatic carbocycles. The molecule has 1 atom stereocenters. The summed E-state index contributed by atoms with van der Waals surface area (Å²) < 4.78 is 15.9. The summed E-state index contributed by atoms with van der Waals surface area (Å²) in [6.07, 6.45) is 0. The van der Waals surface area contributed by atoms with Crippen LogP contribution in [0.3, 0.4) is 0 Å². The van der Waals surface area contributed by atoms with Gasteiger partial charge < -0.3 is 29.7 Å². The van der Waals surface area contributed by atoms with E-state index in [2.05, 4.69) is 45.6 Å². The van der Waals surface area contributed by atoms with E-state index in [1.165, 1.54) is 18.4 Å². The number of nitrogens with one attached hydrogen (secondary N) is 2. The van der Waals surface area contributed by atoms with Crippen LogP contribution in [0.15, 0.2) is 53.7 Å². The van der Waals surface area contributed by atoms with Crippen molar-refractivity contribution in [2.75, 3.05) is 59.0 Å². The van der Waals surface area contributed by atoms with Crippen LogP contribution < -0.4 is 25.0 Å². The lowest BCUT2D eigenvalue weighted by Crippen LogP contribution is -2.51. The molecule has 0 radical (unpaired) electrons. The third kappa shape index (κ3) is 5.19. The predicted molar refractivity (Wildman–Crippen MR) is 133 cm³/mol. The number of para-hydroxylation sites is 1. The van der Waals surface area contributed by atoms with Crippen LogP contribution in [0.4, 0.5) is 10.5 Å². The van der Waals surface area contributed by atoms with E-state index in [1.54, 1.807) is 32.4 Å². The lowest BCUT2D eigenvalue weighted by molar-refractivity contribution is -0.136.